The SMILES string of the molecule is Cl.NC(CO)(CO)CCc1ccc(OCCCc2cccc(Cl)c2)c(C(F)(F)F)c1. The van der Waals surface area contributed by atoms with Crippen molar-refractivity contribution in [1.29, 1.82) is 0 Å². The van der Waals surface area contributed by atoms with Gasteiger partial charge in [-0.3, -0.25) is 0 Å². The Hall–Kier alpha value is -1.51. The van der Waals surface area contributed by atoms with Gasteiger partial charge in [-0.2, -0.15) is 13.2 Å². The van der Waals surface area contributed by atoms with Crippen LogP contribution in [0.5, 0.6) is 5.75 Å². The molecular weight excluding hydrogens is 442 g/mol. The molecule has 4 N–H and O–H groups in total. The molecule has 168 valence electrons. The highest BCUT2D eigenvalue weighted by Gasteiger charge is 2.35. The van der Waals surface area contributed by atoms with Crippen LogP contribution >= 0.6 is 24.0 Å². The topological polar surface area (TPSA) is 75.7 Å². The standard InChI is InChI=1S/C21H25ClF3NO3.ClH/c22-17-5-1-3-15(11-17)4-2-10-29-19-7-6-16(12-18(19)21(23,24)25)8-9-20(26,13-27)14-28;/h1,3,5-7,11-12,27-28H,2,4,8-10,13-14,26H2;1H. The molecule has 9 heteroatoms. The second kappa shape index (κ2) is 11.8. The van der Waals surface area contributed by atoms with Gasteiger partial charge in [-0.15, -0.1) is 12.4 Å². The van der Waals surface area contributed by atoms with Gasteiger partial charge in [-0.05, 0) is 61.1 Å². The molecule has 0 amide bonds. The molecule has 0 aliphatic heterocycles. The third kappa shape index (κ3) is 7.96. The van der Waals surface area contributed by atoms with Gasteiger partial charge in [0.1, 0.15) is 5.75 Å². The van der Waals surface area contributed by atoms with Gasteiger partial charge in [0.05, 0.1) is 30.9 Å². The number of aliphatic hydroxyl groups excluding tert-OH is 2. The summed E-state index contributed by atoms with van der Waals surface area (Å²) < 4.78 is 45.8. The van der Waals surface area contributed by atoms with Crippen LogP contribution in [0.25, 0.3) is 0 Å². The van der Waals surface area contributed by atoms with E-state index in [0.29, 0.717) is 23.4 Å². The van der Waals surface area contributed by atoms with Gasteiger partial charge in [-0.1, -0.05) is 29.8 Å². The number of rotatable bonds is 10. The van der Waals surface area contributed by atoms with Crippen molar-refractivity contribution >= 4 is 24.0 Å². The number of hydrogen-bond acceptors (Lipinski definition) is 4. The lowest BCUT2D eigenvalue weighted by Crippen LogP contribution is -2.47. The zero-order valence-electron chi connectivity index (χ0n) is 16.3. The van der Waals surface area contributed by atoms with E-state index in [1.165, 1.54) is 12.1 Å². The molecule has 30 heavy (non-hydrogen) atoms. The fraction of sp³-hybridized carbons (Fsp3) is 0.429. The Morgan fingerprint density at radius 3 is 2.23 bits per heavy atom. The highest BCUT2D eigenvalue weighted by atomic mass is 35.5. The van der Waals surface area contributed by atoms with Crippen molar-refractivity contribution in [3.63, 3.8) is 0 Å². The van der Waals surface area contributed by atoms with Gasteiger partial charge < -0.3 is 20.7 Å². The second-order valence-corrected chi connectivity index (χ2v) is 7.53. The van der Waals surface area contributed by atoms with E-state index < -0.39 is 30.5 Å². The number of alkyl halides is 3. The summed E-state index contributed by atoms with van der Waals surface area (Å²) in [5.74, 6) is -0.226. The van der Waals surface area contributed by atoms with Crippen molar-refractivity contribution in [2.45, 2.75) is 37.4 Å². The Morgan fingerprint density at radius 1 is 0.967 bits per heavy atom. The molecule has 0 atom stereocenters. The maximum absolute atomic E-state index is 13.5. The maximum atomic E-state index is 13.5. The van der Waals surface area contributed by atoms with Crippen LogP contribution in [0.2, 0.25) is 5.02 Å². The molecule has 0 heterocycles. The Balaban J connectivity index is 0.00000450. The molecule has 2 aromatic carbocycles. The first-order valence-electron chi connectivity index (χ1n) is 9.25. The first-order valence-corrected chi connectivity index (χ1v) is 9.62. The van der Waals surface area contributed by atoms with Gasteiger partial charge in [-0.25, -0.2) is 0 Å². The summed E-state index contributed by atoms with van der Waals surface area (Å²) in [5, 5.41) is 19.0. The van der Waals surface area contributed by atoms with Gasteiger partial charge in [0, 0.05) is 5.02 Å². The van der Waals surface area contributed by atoms with Crippen molar-refractivity contribution in [2.24, 2.45) is 5.73 Å². The molecule has 0 aromatic heterocycles. The van der Waals surface area contributed by atoms with Gasteiger partial charge >= 0.3 is 6.18 Å². The first kappa shape index (κ1) is 26.5. The Kier molecular flexibility index (Phi) is 10.4. The molecule has 4 nitrogen and oxygen atoms in total. The van der Waals surface area contributed by atoms with E-state index in [4.69, 9.17) is 22.1 Å². The number of aliphatic hydroxyl groups is 2. The summed E-state index contributed by atoms with van der Waals surface area (Å²) in [4.78, 5) is 0. The molecule has 0 saturated carbocycles. The third-order valence-corrected chi connectivity index (χ3v) is 4.88. The van der Waals surface area contributed by atoms with Crippen molar-refractivity contribution in [2.75, 3.05) is 19.8 Å². The van der Waals surface area contributed by atoms with E-state index in [-0.39, 0.29) is 37.6 Å². The largest absolute Gasteiger partial charge is 0.493 e. The lowest BCUT2D eigenvalue weighted by atomic mass is 9.93. The summed E-state index contributed by atoms with van der Waals surface area (Å²) in [5.41, 5.74) is 5.09. The fourth-order valence-electron chi connectivity index (χ4n) is 2.83. The van der Waals surface area contributed by atoms with E-state index in [0.717, 1.165) is 11.6 Å². The highest BCUT2D eigenvalue weighted by molar-refractivity contribution is 6.30. The van der Waals surface area contributed by atoms with Crippen LogP contribution in [0.1, 0.15) is 29.5 Å². The molecule has 0 fully saturated rings. The normalized spacial score (nSPS) is 11.8. The van der Waals surface area contributed by atoms with E-state index >= 15 is 0 Å². The number of halogens is 5. The van der Waals surface area contributed by atoms with Gasteiger partial charge in [0.2, 0.25) is 0 Å². The molecule has 0 spiro atoms. The summed E-state index contributed by atoms with van der Waals surface area (Å²) in [7, 11) is 0. The van der Waals surface area contributed by atoms with E-state index in [1.54, 1.807) is 6.07 Å². The van der Waals surface area contributed by atoms with Crippen molar-refractivity contribution in [1.82, 2.24) is 0 Å². The average molecular weight is 468 g/mol. The summed E-state index contributed by atoms with van der Waals surface area (Å²) in [6.07, 6.45) is -3.04. The highest BCUT2D eigenvalue weighted by Crippen LogP contribution is 2.37. The maximum Gasteiger partial charge on any atom is 0.419 e. The number of aryl methyl sites for hydroxylation is 2. The molecule has 0 radical (unpaired) electrons. The smallest absolute Gasteiger partial charge is 0.419 e. The second-order valence-electron chi connectivity index (χ2n) is 7.09. The molecule has 0 aliphatic carbocycles. The van der Waals surface area contributed by atoms with Crippen LogP contribution in [-0.4, -0.2) is 35.6 Å². The van der Waals surface area contributed by atoms with Crippen LogP contribution < -0.4 is 10.5 Å². The Labute approximate surface area is 185 Å². The molecular formula is C21H26Cl2F3NO3. The Morgan fingerprint density at radius 2 is 1.63 bits per heavy atom. The molecule has 0 saturated heterocycles. The first-order chi connectivity index (χ1) is 13.7. The quantitative estimate of drug-likeness (QED) is 0.452. The molecule has 2 aromatic rings. The average Bonchev–Trinajstić information content (AvgIpc) is 2.69. The van der Waals surface area contributed by atoms with Crippen molar-refractivity contribution < 1.29 is 28.1 Å². The van der Waals surface area contributed by atoms with E-state index in [9.17, 15) is 23.4 Å². The number of hydrogen-bond donors (Lipinski definition) is 3. The predicted octanol–water partition coefficient (Wildman–Crippen LogP) is 4.41. The minimum absolute atomic E-state index is 0. The summed E-state index contributed by atoms with van der Waals surface area (Å²) >= 11 is 5.92. The number of benzene rings is 2. The Bertz CT molecular complexity index is 799. The zero-order chi connectivity index (χ0) is 21.5. The third-order valence-electron chi connectivity index (χ3n) is 4.65. The lowest BCUT2D eigenvalue weighted by molar-refractivity contribution is -0.139. The van der Waals surface area contributed by atoms with E-state index in [1.807, 2.05) is 18.2 Å². The predicted molar refractivity (Wildman–Crippen MR) is 113 cm³/mol. The monoisotopic (exact) mass is 467 g/mol. The number of nitrogens with two attached hydrogens (primary N) is 1. The number of ether oxygens (including phenoxy) is 1. The minimum atomic E-state index is -4.56. The molecule has 0 aliphatic rings. The van der Waals surface area contributed by atoms with Crippen LogP contribution in [-0.2, 0) is 19.0 Å². The van der Waals surface area contributed by atoms with Crippen LogP contribution in [0.15, 0.2) is 42.5 Å². The minimum Gasteiger partial charge on any atom is -0.493 e. The van der Waals surface area contributed by atoms with Crippen molar-refractivity contribution in [3.05, 3.63) is 64.2 Å². The van der Waals surface area contributed by atoms with Gasteiger partial charge in [0.25, 0.3) is 0 Å². The zero-order valence-corrected chi connectivity index (χ0v) is 17.9. The fourth-order valence-corrected chi connectivity index (χ4v) is 3.05. The summed E-state index contributed by atoms with van der Waals surface area (Å²) in [6.45, 7) is -0.775. The molecule has 0 unspecified atom stereocenters. The lowest BCUT2D eigenvalue weighted by Gasteiger charge is -2.24. The molecule has 0 bridgehead atoms. The summed E-state index contributed by atoms with van der Waals surface area (Å²) in [6, 6.07) is 11.2. The van der Waals surface area contributed by atoms with E-state index in [2.05, 4.69) is 0 Å². The van der Waals surface area contributed by atoms with Crippen LogP contribution in [0.4, 0.5) is 13.2 Å². The van der Waals surface area contributed by atoms with Crippen LogP contribution in [0.3, 0.4) is 0 Å². The van der Waals surface area contributed by atoms with Crippen molar-refractivity contribution in [3.8, 4) is 5.75 Å². The van der Waals surface area contributed by atoms with Gasteiger partial charge in [0.15, 0.2) is 0 Å². The van der Waals surface area contributed by atoms with Crippen LogP contribution in [0, 0.1) is 0 Å². The molecule has 2 rings (SSSR count).